The molecule has 0 saturated carbocycles. The summed E-state index contributed by atoms with van der Waals surface area (Å²) in [5.41, 5.74) is -0.519. The van der Waals surface area contributed by atoms with Crippen molar-refractivity contribution in [3.8, 4) is 0 Å². The number of amides is 1. The molecule has 0 unspecified atom stereocenters. The fourth-order valence-corrected chi connectivity index (χ4v) is 2.53. The third kappa shape index (κ3) is 3.60. The van der Waals surface area contributed by atoms with Crippen LogP contribution in [-0.4, -0.2) is 10.9 Å². The third-order valence-corrected chi connectivity index (χ3v) is 4.02. The van der Waals surface area contributed by atoms with E-state index in [-0.39, 0.29) is 11.3 Å². The van der Waals surface area contributed by atoms with Crippen LogP contribution < -0.4 is 5.32 Å². The lowest BCUT2D eigenvalue weighted by atomic mass is 10.1. The van der Waals surface area contributed by atoms with Crippen molar-refractivity contribution in [1.82, 2.24) is 4.98 Å². The van der Waals surface area contributed by atoms with E-state index in [4.69, 9.17) is 0 Å². The molecule has 1 N–H and O–H groups in total. The van der Waals surface area contributed by atoms with Crippen LogP contribution in [0.3, 0.4) is 0 Å². The summed E-state index contributed by atoms with van der Waals surface area (Å²) in [5.74, 6) is -0.454. The lowest BCUT2D eigenvalue weighted by Crippen LogP contribution is -2.13. The number of halogens is 3. The molecule has 2 rings (SSSR count). The Morgan fingerprint density at radius 3 is 2.67 bits per heavy atom. The number of nitrogens with zero attached hydrogens (tertiary/aromatic N) is 1. The molecule has 2 aromatic rings. The van der Waals surface area contributed by atoms with Crippen LogP contribution in [0.5, 0.6) is 0 Å². The molecule has 0 aliphatic carbocycles. The second-order valence-corrected chi connectivity index (χ2v) is 5.57. The first-order valence-electron chi connectivity index (χ1n) is 6.25. The molecular weight excluding hydrogens is 301 g/mol. The van der Waals surface area contributed by atoms with Gasteiger partial charge in [-0.1, -0.05) is 13.0 Å². The molecule has 1 amide bonds. The summed E-state index contributed by atoms with van der Waals surface area (Å²) in [6.07, 6.45) is -2.30. The highest BCUT2D eigenvalue weighted by Gasteiger charge is 2.32. The SMILES string of the molecule is CCc1ncc(C(=O)Nc2ccc(C)c(C(F)(F)F)c2)s1. The maximum atomic E-state index is 12.8. The largest absolute Gasteiger partial charge is 0.416 e. The van der Waals surface area contributed by atoms with Crippen molar-refractivity contribution >= 4 is 22.9 Å². The van der Waals surface area contributed by atoms with Crippen molar-refractivity contribution in [3.63, 3.8) is 0 Å². The lowest BCUT2D eigenvalue weighted by molar-refractivity contribution is -0.138. The van der Waals surface area contributed by atoms with Crippen LogP contribution in [-0.2, 0) is 12.6 Å². The van der Waals surface area contributed by atoms with Crippen molar-refractivity contribution < 1.29 is 18.0 Å². The molecule has 0 spiro atoms. The summed E-state index contributed by atoms with van der Waals surface area (Å²) in [4.78, 5) is 16.4. The molecule has 0 radical (unpaired) electrons. The zero-order valence-electron chi connectivity index (χ0n) is 11.4. The topological polar surface area (TPSA) is 42.0 Å². The van der Waals surface area contributed by atoms with Crippen LogP contribution in [0, 0.1) is 6.92 Å². The van der Waals surface area contributed by atoms with Crippen LogP contribution in [0.1, 0.15) is 32.7 Å². The zero-order chi connectivity index (χ0) is 15.6. The number of alkyl halides is 3. The lowest BCUT2D eigenvalue weighted by Gasteiger charge is -2.12. The maximum absolute atomic E-state index is 12.8. The van der Waals surface area contributed by atoms with E-state index >= 15 is 0 Å². The van der Waals surface area contributed by atoms with Crippen LogP contribution in [0.2, 0.25) is 0 Å². The van der Waals surface area contributed by atoms with Gasteiger partial charge in [0.15, 0.2) is 0 Å². The number of anilines is 1. The van der Waals surface area contributed by atoms with Gasteiger partial charge in [0.1, 0.15) is 4.88 Å². The average molecular weight is 314 g/mol. The van der Waals surface area contributed by atoms with Crippen molar-refractivity contribution in [1.29, 1.82) is 0 Å². The highest BCUT2D eigenvalue weighted by atomic mass is 32.1. The molecule has 0 saturated heterocycles. The zero-order valence-corrected chi connectivity index (χ0v) is 12.2. The summed E-state index contributed by atoms with van der Waals surface area (Å²) >= 11 is 1.23. The summed E-state index contributed by atoms with van der Waals surface area (Å²) in [6, 6.07) is 3.72. The minimum absolute atomic E-state index is 0.115. The third-order valence-electron chi connectivity index (χ3n) is 2.88. The molecule has 1 aromatic heterocycles. The van der Waals surface area contributed by atoms with Crippen LogP contribution >= 0.6 is 11.3 Å². The predicted octanol–water partition coefficient (Wildman–Crippen LogP) is 4.29. The molecule has 0 aliphatic rings. The maximum Gasteiger partial charge on any atom is 0.416 e. The van der Waals surface area contributed by atoms with E-state index in [2.05, 4.69) is 10.3 Å². The van der Waals surface area contributed by atoms with E-state index in [1.165, 1.54) is 36.6 Å². The van der Waals surface area contributed by atoms with Crippen molar-refractivity contribution in [2.75, 3.05) is 5.32 Å². The fourth-order valence-electron chi connectivity index (χ4n) is 1.78. The van der Waals surface area contributed by atoms with Gasteiger partial charge in [-0.25, -0.2) is 4.98 Å². The first-order chi connectivity index (χ1) is 9.81. The summed E-state index contributed by atoms with van der Waals surface area (Å²) in [6.45, 7) is 3.29. The van der Waals surface area contributed by atoms with Gasteiger partial charge in [-0.15, -0.1) is 11.3 Å². The molecule has 21 heavy (non-hydrogen) atoms. The molecule has 0 atom stereocenters. The summed E-state index contributed by atoms with van der Waals surface area (Å²) < 4.78 is 38.5. The number of benzene rings is 1. The monoisotopic (exact) mass is 314 g/mol. The number of hydrogen-bond donors (Lipinski definition) is 1. The van der Waals surface area contributed by atoms with Crippen molar-refractivity contribution in [3.05, 3.63) is 45.4 Å². The highest BCUT2D eigenvalue weighted by Crippen LogP contribution is 2.33. The van der Waals surface area contributed by atoms with Gasteiger partial charge in [-0.3, -0.25) is 4.79 Å². The number of carbonyl (C=O) groups excluding carboxylic acids is 1. The molecule has 112 valence electrons. The second-order valence-electron chi connectivity index (χ2n) is 4.45. The average Bonchev–Trinajstić information content (AvgIpc) is 2.88. The van der Waals surface area contributed by atoms with Gasteiger partial charge in [0.2, 0.25) is 0 Å². The van der Waals surface area contributed by atoms with Crippen LogP contribution in [0.15, 0.2) is 24.4 Å². The molecule has 0 aliphatic heterocycles. The Kier molecular flexibility index (Phi) is 4.32. The van der Waals surface area contributed by atoms with E-state index in [0.717, 1.165) is 11.1 Å². The van der Waals surface area contributed by atoms with Gasteiger partial charge < -0.3 is 5.32 Å². The smallest absolute Gasteiger partial charge is 0.321 e. The van der Waals surface area contributed by atoms with Gasteiger partial charge in [0.25, 0.3) is 5.91 Å². The van der Waals surface area contributed by atoms with E-state index in [1.807, 2.05) is 6.92 Å². The Bertz CT molecular complexity index is 664. The Morgan fingerprint density at radius 2 is 2.10 bits per heavy atom. The standard InChI is InChI=1S/C14H13F3N2OS/c1-3-12-18-7-11(21-12)13(20)19-9-5-4-8(2)10(6-9)14(15,16)17/h4-7H,3H2,1-2H3,(H,19,20). The molecule has 0 bridgehead atoms. The number of hydrogen-bond acceptors (Lipinski definition) is 3. The first-order valence-corrected chi connectivity index (χ1v) is 7.06. The highest BCUT2D eigenvalue weighted by molar-refractivity contribution is 7.13. The van der Waals surface area contributed by atoms with Gasteiger partial charge >= 0.3 is 6.18 Å². The van der Waals surface area contributed by atoms with E-state index in [9.17, 15) is 18.0 Å². The van der Waals surface area contributed by atoms with Gasteiger partial charge in [0.05, 0.1) is 16.8 Å². The quantitative estimate of drug-likeness (QED) is 0.918. The minimum Gasteiger partial charge on any atom is -0.321 e. The van der Waals surface area contributed by atoms with E-state index in [1.54, 1.807) is 0 Å². The molecular formula is C14H13F3N2OS. The minimum atomic E-state index is -4.44. The van der Waals surface area contributed by atoms with Crippen LogP contribution in [0.25, 0.3) is 0 Å². The molecule has 7 heteroatoms. The second kappa shape index (κ2) is 5.85. The predicted molar refractivity (Wildman–Crippen MR) is 75.6 cm³/mol. The molecule has 0 fully saturated rings. The summed E-state index contributed by atoms with van der Waals surface area (Å²) in [7, 11) is 0. The molecule has 1 aromatic carbocycles. The number of aromatic nitrogens is 1. The van der Waals surface area contributed by atoms with Crippen molar-refractivity contribution in [2.24, 2.45) is 0 Å². The number of thiazole rings is 1. The number of carbonyl (C=O) groups is 1. The molecule has 1 heterocycles. The number of aryl methyl sites for hydroxylation is 2. The first kappa shape index (κ1) is 15.5. The Balaban J connectivity index is 2.21. The van der Waals surface area contributed by atoms with Crippen LogP contribution in [0.4, 0.5) is 18.9 Å². The Labute approximate surface area is 123 Å². The van der Waals surface area contributed by atoms with Gasteiger partial charge in [-0.05, 0) is 31.0 Å². The Hall–Kier alpha value is -1.89. The van der Waals surface area contributed by atoms with Gasteiger partial charge in [-0.2, -0.15) is 13.2 Å². The Morgan fingerprint density at radius 1 is 1.38 bits per heavy atom. The number of rotatable bonds is 3. The van der Waals surface area contributed by atoms with Crippen molar-refractivity contribution in [2.45, 2.75) is 26.4 Å². The summed E-state index contributed by atoms with van der Waals surface area (Å²) in [5, 5.41) is 3.27. The fraction of sp³-hybridized carbons (Fsp3) is 0.286. The normalized spacial score (nSPS) is 11.5. The molecule has 3 nitrogen and oxygen atoms in total. The van der Waals surface area contributed by atoms with Gasteiger partial charge in [0, 0.05) is 5.69 Å². The van der Waals surface area contributed by atoms with E-state index < -0.39 is 17.6 Å². The number of nitrogens with one attached hydrogen (secondary N) is 1. The van der Waals surface area contributed by atoms with E-state index in [0.29, 0.717) is 11.3 Å².